The molecule has 5 nitrogen and oxygen atoms in total. The SMILES string of the molecule is CCNC(=O)NC(=O)[C@@H](C)Oc1ccccc1Cl. The smallest absolute Gasteiger partial charge is 0.321 e. The zero-order valence-electron chi connectivity index (χ0n) is 10.2. The first kappa shape index (κ1) is 14.3. The van der Waals surface area contributed by atoms with Crippen LogP contribution >= 0.6 is 11.6 Å². The van der Waals surface area contributed by atoms with E-state index < -0.39 is 18.0 Å². The number of hydrogen-bond acceptors (Lipinski definition) is 3. The Labute approximate surface area is 110 Å². The molecule has 0 aliphatic heterocycles. The Morgan fingerprint density at radius 2 is 2.06 bits per heavy atom. The van der Waals surface area contributed by atoms with Crippen LogP contribution in [0.1, 0.15) is 13.8 Å². The minimum absolute atomic E-state index is 0.401. The predicted octanol–water partition coefficient (Wildman–Crippen LogP) is 1.95. The number of amides is 3. The highest BCUT2D eigenvalue weighted by Gasteiger charge is 2.17. The molecule has 1 aromatic rings. The van der Waals surface area contributed by atoms with Gasteiger partial charge in [0.2, 0.25) is 0 Å². The van der Waals surface area contributed by atoms with E-state index in [1.807, 2.05) is 0 Å². The van der Waals surface area contributed by atoms with E-state index in [-0.39, 0.29) is 0 Å². The Hall–Kier alpha value is -1.75. The molecule has 0 spiro atoms. The highest BCUT2D eigenvalue weighted by molar-refractivity contribution is 6.32. The van der Waals surface area contributed by atoms with E-state index >= 15 is 0 Å². The van der Waals surface area contributed by atoms with Gasteiger partial charge in [-0.3, -0.25) is 10.1 Å². The molecule has 1 aromatic carbocycles. The van der Waals surface area contributed by atoms with Crippen molar-refractivity contribution in [1.29, 1.82) is 0 Å². The minimum atomic E-state index is -0.812. The van der Waals surface area contributed by atoms with Gasteiger partial charge in [-0.25, -0.2) is 4.79 Å². The Kier molecular flexibility index (Phi) is 5.45. The van der Waals surface area contributed by atoms with Gasteiger partial charge in [-0.15, -0.1) is 0 Å². The first-order chi connectivity index (χ1) is 8.54. The number of benzene rings is 1. The summed E-state index contributed by atoms with van der Waals surface area (Å²) in [6.07, 6.45) is -0.812. The lowest BCUT2D eigenvalue weighted by Crippen LogP contribution is -2.45. The fourth-order valence-electron chi connectivity index (χ4n) is 1.20. The lowest BCUT2D eigenvalue weighted by Gasteiger charge is -2.15. The van der Waals surface area contributed by atoms with Crippen LogP contribution in [0.15, 0.2) is 24.3 Å². The van der Waals surface area contributed by atoms with Crippen LogP contribution in [0.25, 0.3) is 0 Å². The first-order valence-corrected chi connectivity index (χ1v) is 5.92. The molecule has 3 amide bonds. The van der Waals surface area contributed by atoms with Gasteiger partial charge in [0, 0.05) is 6.54 Å². The third-order valence-electron chi connectivity index (χ3n) is 2.08. The zero-order valence-corrected chi connectivity index (χ0v) is 11.0. The molecule has 1 atom stereocenters. The van der Waals surface area contributed by atoms with Crippen molar-refractivity contribution in [3.8, 4) is 5.75 Å². The molecule has 1 rings (SSSR count). The topological polar surface area (TPSA) is 67.4 Å². The van der Waals surface area contributed by atoms with E-state index in [2.05, 4.69) is 10.6 Å². The molecule has 0 aromatic heterocycles. The highest BCUT2D eigenvalue weighted by Crippen LogP contribution is 2.24. The number of rotatable bonds is 4. The molecule has 0 bridgehead atoms. The van der Waals surface area contributed by atoms with Gasteiger partial charge in [0.05, 0.1) is 5.02 Å². The van der Waals surface area contributed by atoms with Gasteiger partial charge in [-0.1, -0.05) is 23.7 Å². The number of carbonyl (C=O) groups excluding carboxylic acids is 2. The van der Waals surface area contributed by atoms with Crippen LogP contribution in [-0.4, -0.2) is 24.6 Å². The fourth-order valence-corrected chi connectivity index (χ4v) is 1.38. The second-order valence-electron chi connectivity index (χ2n) is 3.54. The van der Waals surface area contributed by atoms with Crippen molar-refractivity contribution in [2.75, 3.05) is 6.54 Å². The van der Waals surface area contributed by atoms with Gasteiger partial charge in [0.1, 0.15) is 5.75 Å². The van der Waals surface area contributed by atoms with E-state index in [1.54, 1.807) is 31.2 Å². The number of carbonyl (C=O) groups is 2. The normalized spacial score (nSPS) is 11.5. The van der Waals surface area contributed by atoms with Crippen molar-refractivity contribution >= 4 is 23.5 Å². The molecule has 6 heteroatoms. The predicted molar refractivity (Wildman–Crippen MR) is 68.8 cm³/mol. The van der Waals surface area contributed by atoms with Crippen LogP contribution in [-0.2, 0) is 4.79 Å². The number of para-hydroxylation sites is 1. The van der Waals surface area contributed by atoms with Gasteiger partial charge in [-0.2, -0.15) is 0 Å². The molecule has 0 fully saturated rings. The van der Waals surface area contributed by atoms with Crippen molar-refractivity contribution in [2.24, 2.45) is 0 Å². The number of imide groups is 1. The number of hydrogen-bond donors (Lipinski definition) is 2. The first-order valence-electron chi connectivity index (χ1n) is 5.54. The van der Waals surface area contributed by atoms with Crippen LogP contribution < -0.4 is 15.4 Å². The quantitative estimate of drug-likeness (QED) is 0.879. The molecule has 18 heavy (non-hydrogen) atoms. The third-order valence-corrected chi connectivity index (χ3v) is 2.40. The second-order valence-corrected chi connectivity index (χ2v) is 3.95. The Morgan fingerprint density at radius 1 is 1.39 bits per heavy atom. The monoisotopic (exact) mass is 270 g/mol. The summed E-state index contributed by atoms with van der Waals surface area (Å²) in [5.74, 6) is -0.126. The Balaban J connectivity index is 2.55. The van der Waals surface area contributed by atoms with E-state index in [0.717, 1.165) is 0 Å². The molecule has 98 valence electrons. The second kappa shape index (κ2) is 6.86. The van der Waals surface area contributed by atoms with Crippen molar-refractivity contribution in [2.45, 2.75) is 20.0 Å². The lowest BCUT2D eigenvalue weighted by molar-refractivity contribution is -0.126. The van der Waals surface area contributed by atoms with Gasteiger partial charge >= 0.3 is 6.03 Å². The van der Waals surface area contributed by atoms with Crippen LogP contribution in [0.3, 0.4) is 0 Å². The Morgan fingerprint density at radius 3 is 2.67 bits per heavy atom. The van der Waals surface area contributed by atoms with E-state index in [1.165, 1.54) is 6.92 Å². The number of urea groups is 1. The molecular weight excluding hydrogens is 256 g/mol. The molecule has 0 aliphatic carbocycles. The number of halogens is 1. The van der Waals surface area contributed by atoms with Gasteiger partial charge in [0.25, 0.3) is 5.91 Å². The van der Waals surface area contributed by atoms with Crippen molar-refractivity contribution in [1.82, 2.24) is 10.6 Å². The van der Waals surface area contributed by atoms with Gasteiger partial charge < -0.3 is 10.1 Å². The maximum atomic E-state index is 11.6. The van der Waals surface area contributed by atoms with Crippen molar-refractivity contribution < 1.29 is 14.3 Å². The molecule has 0 saturated carbocycles. The standard InChI is InChI=1S/C12H15ClN2O3/c1-3-14-12(17)15-11(16)8(2)18-10-7-5-4-6-9(10)13/h4-8H,3H2,1-2H3,(H2,14,15,16,17)/t8-/m1/s1. The maximum absolute atomic E-state index is 11.6. The van der Waals surface area contributed by atoms with E-state index in [9.17, 15) is 9.59 Å². The highest BCUT2D eigenvalue weighted by atomic mass is 35.5. The number of ether oxygens (including phenoxy) is 1. The average molecular weight is 271 g/mol. The summed E-state index contributed by atoms with van der Waals surface area (Å²) in [7, 11) is 0. The molecule has 0 radical (unpaired) electrons. The number of nitrogens with one attached hydrogen (secondary N) is 2. The van der Waals surface area contributed by atoms with Crippen LogP contribution in [0, 0.1) is 0 Å². The van der Waals surface area contributed by atoms with E-state index in [0.29, 0.717) is 17.3 Å². The summed E-state index contributed by atoms with van der Waals surface area (Å²) in [4.78, 5) is 22.8. The zero-order chi connectivity index (χ0) is 13.5. The van der Waals surface area contributed by atoms with Crippen LogP contribution in [0.2, 0.25) is 5.02 Å². The van der Waals surface area contributed by atoms with E-state index in [4.69, 9.17) is 16.3 Å². The summed E-state index contributed by atoms with van der Waals surface area (Å²) >= 11 is 5.89. The molecular formula is C12H15ClN2O3. The summed E-state index contributed by atoms with van der Waals surface area (Å²) in [6.45, 7) is 3.74. The minimum Gasteiger partial charge on any atom is -0.479 e. The van der Waals surface area contributed by atoms with Crippen LogP contribution in [0.5, 0.6) is 5.75 Å². The van der Waals surface area contributed by atoms with Gasteiger partial charge in [0.15, 0.2) is 6.10 Å². The average Bonchev–Trinajstić information content (AvgIpc) is 2.32. The molecule has 0 heterocycles. The summed E-state index contributed by atoms with van der Waals surface area (Å²) < 4.78 is 5.36. The third kappa shape index (κ3) is 4.25. The molecule has 0 aliphatic rings. The maximum Gasteiger partial charge on any atom is 0.321 e. The molecule has 0 unspecified atom stereocenters. The van der Waals surface area contributed by atoms with Gasteiger partial charge in [-0.05, 0) is 26.0 Å². The van der Waals surface area contributed by atoms with Crippen LogP contribution in [0.4, 0.5) is 4.79 Å². The summed E-state index contributed by atoms with van der Waals surface area (Å²) in [6, 6.07) is 6.27. The lowest BCUT2D eigenvalue weighted by atomic mass is 10.3. The largest absolute Gasteiger partial charge is 0.479 e. The summed E-state index contributed by atoms with van der Waals surface area (Å²) in [5, 5.41) is 5.03. The van der Waals surface area contributed by atoms with Crippen molar-refractivity contribution in [3.05, 3.63) is 29.3 Å². The molecule has 2 N–H and O–H groups in total. The Bertz CT molecular complexity index is 437. The molecule has 0 saturated heterocycles. The summed E-state index contributed by atoms with van der Waals surface area (Å²) in [5.41, 5.74) is 0. The van der Waals surface area contributed by atoms with Crippen molar-refractivity contribution in [3.63, 3.8) is 0 Å². The fraction of sp³-hybridized carbons (Fsp3) is 0.333.